The van der Waals surface area contributed by atoms with Crippen molar-refractivity contribution in [1.29, 1.82) is 5.26 Å². The smallest absolute Gasteiger partial charge is 0.296 e. The fourth-order valence-corrected chi connectivity index (χ4v) is 1.66. The fourth-order valence-electron chi connectivity index (χ4n) is 1.66. The molecule has 0 aliphatic heterocycles. The second kappa shape index (κ2) is 4.57. The van der Waals surface area contributed by atoms with E-state index in [9.17, 15) is 18.0 Å². The Bertz CT molecular complexity index is 668. The van der Waals surface area contributed by atoms with Crippen LogP contribution in [-0.4, -0.2) is 16.1 Å². The molecule has 0 atom stereocenters. The molecule has 0 saturated heterocycles. The van der Waals surface area contributed by atoms with Gasteiger partial charge in [-0.25, -0.2) is 4.68 Å². The maximum absolute atomic E-state index is 13.0. The highest BCUT2D eigenvalue weighted by molar-refractivity contribution is 5.71. The number of nitrogens with zero attached hydrogens (tertiary/aromatic N) is 3. The number of aldehydes is 1. The summed E-state index contributed by atoms with van der Waals surface area (Å²) in [5.74, 6) is 0. The third kappa shape index (κ3) is 2.33. The normalized spacial score (nSPS) is 11.1. The van der Waals surface area contributed by atoms with E-state index in [0.717, 1.165) is 10.7 Å². The molecule has 1 aromatic heterocycles. The molecular weight excluding hydrogens is 259 g/mol. The summed E-state index contributed by atoms with van der Waals surface area (Å²) < 4.78 is 39.9. The van der Waals surface area contributed by atoms with Crippen molar-refractivity contribution < 1.29 is 18.0 Å². The van der Waals surface area contributed by atoms with Crippen molar-refractivity contribution in [3.8, 4) is 11.8 Å². The van der Waals surface area contributed by atoms with Crippen LogP contribution in [0.3, 0.4) is 0 Å². The molecule has 0 unspecified atom stereocenters. The molecular formula is C12H6F3N3O. The Kier molecular flexibility index (Phi) is 3.09. The number of alkyl halides is 3. The van der Waals surface area contributed by atoms with Gasteiger partial charge in [-0.1, -0.05) is 6.07 Å². The summed E-state index contributed by atoms with van der Waals surface area (Å²) in [5.41, 5.74) is -1.85. The topological polar surface area (TPSA) is 58.7 Å². The third-order valence-corrected chi connectivity index (χ3v) is 2.42. The van der Waals surface area contributed by atoms with Crippen molar-refractivity contribution >= 4 is 6.29 Å². The first-order chi connectivity index (χ1) is 8.97. The Morgan fingerprint density at radius 3 is 2.58 bits per heavy atom. The van der Waals surface area contributed by atoms with Gasteiger partial charge in [0.05, 0.1) is 22.9 Å². The molecule has 0 aliphatic rings. The molecule has 0 spiro atoms. The Hall–Kier alpha value is -2.62. The second-order valence-electron chi connectivity index (χ2n) is 3.61. The summed E-state index contributed by atoms with van der Waals surface area (Å²) in [5, 5.41) is 12.5. The van der Waals surface area contributed by atoms with E-state index in [-0.39, 0.29) is 11.4 Å². The number of nitriles is 1. The van der Waals surface area contributed by atoms with Crippen molar-refractivity contribution in [2.24, 2.45) is 0 Å². The number of aromatic nitrogens is 2. The van der Waals surface area contributed by atoms with Crippen LogP contribution in [0.25, 0.3) is 5.69 Å². The molecule has 19 heavy (non-hydrogen) atoms. The lowest BCUT2D eigenvalue weighted by Gasteiger charge is -2.14. The van der Waals surface area contributed by atoms with Crippen molar-refractivity contribution in [3.05, 3.63) is 47.3 Å². The van der Waals surface area contributed by atoms with E-state index in [4.69, 9.17) is 5.26 Å². The lowest BCUT2D eigenvalue weighted by molar-refractivity contribution is -0.137. The van der Waals surface area contributed by atoms with E-state index in [1.165, 1.54) is 30.5 Å². The second-order valence-corrected chi connectivity index (χ2v) is 3.61. The first kappa shape index (κ1) is 12.8. The van der Waals surface area contributed by atoms with Gasteiger partial charge in [-0.2, -0.15) is 23.5 Å². The molecule has 0 N–H and O–H groups in total. The van der Waals surface area contributed by atoms with Gasteiger partial charge >= 0.3 is 6.18 Å². The van der Waals surface area contributed by atoms with Crippen LogP contribution in [0.5, 0.6) is 0 Å². The minimum atomic E-state index is -4.69. The Balaban J connectivity index is 2.70. The van der Waals surface area contributed by atoms with E-state index in [1.807, 2.05) is 0 Å². The number of carbonyl (C=O) groups excluding carboxylic acids is 1. The quantitative estimate of drug-likeness (QED) is 0.784. The average Bonchev–Trinajstić information content (AvgIpc) is 2.85. The molecule has 1 heterocycles. The third-order valence-electron chi connectivity index (χ3n) is 2.42. The molecule has 0 amide bonds. The van der Waals surface area contributed by atoms with Gasteiger partial charge in [-0.3, -0.25) is 4.79 Å². The Morgan fingerprint density at radius 1 is 1.32 bits per heavy atom. The standard InChI is InChI=1S/C12H6F3N3O/c13-12(14,15)11-8(6-16)2-1-3-10(11)18-5-4-9(7-19)17-18/h1-5,7H. The van der Waals surface area contributed by atoms with Gasteiger partial charge in [0, 0.05) is 6.20 Å². The highest BCUT2D eigenvalue weighted by atomic mass is 19.4. The van der Waals surface area contributed by atoms with Crippen LogP contribution in [0.2, 0.25) is 0 Å². The van der Waals surface area contributed by atoms with Gasteiger partial charge in [0.25, 0.3) is 0 Å². The van der Waals surface area contributed by atoms with Crippen LogP contribution in [0.15, 0.2) is 30.5 Å². The lowest BCUT2D eigenvalue weighted by Crippen LogP contribution is -2.13. The van der Waals surface area contributed by atoms with E-state index in [1.54, 1.807) is 0 Å². The SMILES string of the molecule is N#Cc1cccc(-n2ccc(C=O)n2)c1C(F)(F)F. The zero-order valence-corrected chi connectivity index (χ0v) is 9.35. The minimum absolute atomic E-state index is 0.00971. The molecule has 2 aromatic rings. The highest BCUT2D eigenvalue weighted by Gasteiger charge is 2.37. The number of benzene rings is 1. The Morgan fingerprint density at radius 2 is 2.05 bits per heavy atom. The molecule has 96 valence electrons. The van der Waals surface area contributed by atoms with Gasteiger partial charge in [0.1, 0.15) is 5.69 Å². The van der Waals surface area contributed by atoms with Crippen LogP contribution in [0.1, 0.15) is 21.6 Å². The van der Waals surface area contributed by atoms with Gasteiger partial charge in [-0.15, -0.1) is 0 Å². The molecule has 0 saturated carbocycles. The number of hydrogen-bond donors (Lipinski definition) is 0. The first-order valence-electron chi connectivity index (χ1n) is 5.09. The summed E-state index contributed by atoms with van der Waals surface area (Å²) in [4.78, 5) is 10.5. The van der Waals surface area contributed by atoms with Crippen molar-refractivity contribution in [2.75, 3.05) is 0 Å². The van der Waals surface area contributed by atoms with Crippen molar-refractivity contribution in [2.45, 2.75) is 6.18 Å². The number of hydrogen-bond acceptors (Lipinski definition) is 3. The predicted octanol–water partition coefficient (Wildman–Crippen LogP) is 2.58. The summed E-state index contributed by atoms with van der Waals surface area (Å²) in [6.07, 6.45) is -3.03. The summed E-state index contributed by atoms with van der Waals surface area (Å²) in [7, 11) is 0. The zero-order chi connectivity index (χ0) is 14.0. The minimum Gasteiger partial charge on any atom is -0.296 e. The largest absolute Gasteiger partial charge is 0.419 e. The van der Waals surface area contributed by atoms with Crippen LogP contribution < -0.4 is 0 Å². The van der Waals surface area contributed by atoms with Crippen molar-refractivity contribution in [3.63, 3.8) is 0 Å². The summed E-state index contributed by atoms with van der Waals surface area (Å²) >= 11 is 0. The summed E-state index contributed by atoms with van der Waals surface area (Å²) in [6, 6.07) is 6.38. The average molecular weight is 265 g/mol. The zero-order valence-electron chi connectivity index (χ0n) is 9.35. The first-order valence-corrected chi connectivity index (χ1v) is 5.09. The van der Waals surface area contributed by atoms with E-state index >= 15 is 0 Å². The van der Waals surface area contributed by atoms with Crippen LogP contribution >= 0.6 is 0 Å². The maximum atomic E-state index is 13.0. The van der Waals surface area contributed by atoms with Gasteiger partial charge in [0.2, 0.25) is 0 Å². The molecule has 0 fully saturated rings. The Labute approximate surface area is 105 Å². The van der Waals surface area contributed by atoms with E-state index in [2.05, 4.69) is 5.10 Å². The molecule has 7 heteroatoms. The molecule has 1 aromatic carbocycles. The molecule has 4 nitrogen and oxygen atoms in total. The highest BCUT2D eigenvalue weighted by Crippen LogP contribution is 2.36. The predicted molar refractivity (Wildman–Crippen MR) is 58.7 cm³/mol. The molecule has 0 bridgehead atoms. The van der Waals surface area contributed by atoms with E-state index in [0.29, 0.717) is 6.29 Å². The van der Waals surface area contributed by atoms with Gasteiger partial charge in [-0.05, 0) is 18.2 Å². The number of carbonyl (C=O) groups is 1. The van der Waals surface area contributed by atoms with Crippen molar-refractivity contribution in [1.82, 2.24) is 9.78 Å². The van der Waals surface area contributed by atoms with Crippen LogP contribution in [-0.2, 0) is 6.18 Å². The molecule has 0 aliphatic carbocycles. The van der Waals surface area contributed by atoms with Crippen LogP contribution in [0, 0.1) is 11.3 Å². The molecule has 0 radical (unpaired) electrons. The lowest BCUT2D eigenvalue weighted by atomic mass is 10.1. The molecule has 2 rings (SSSR count). The monoisotopic (exact) mass is 265 g/mol. The van der Waals surface area contributed by atoms with Gasteiger partial charge < -0.3 is 0 Å². The van der Waals surface area contributed by atoms with E-state index < -0.39 is 17.3 Å². The fraction of sp³-hybridized carbons (Fsp3) is 0.0833. The van der Waals surface area contributed by atoms with Gasteiger partial charge in [0.15, 0.2) is 6.29 Å². The number of rotatable bonds is 2. The summed E-state index contributed by atoms with van der Waals surface area (Å²) in [6.45, 7) is 0. The van der Waals surface area contributed by atoms with Crippen LogP contribution in [0.4, 0.5) is 13.2 Å². The maximum Gasteiger partial charge on any atom is 0.419 e. The number of halogens is 3.